The van der Waals surface area contributed by atoms with Crippen molar-refractivity contribution in [2.45, 2.75) is 17.9 Å². The molecule has 0 aliphatic heterocycles. The van der Waals surface area contributed by atoms with Gasteiger partial charge in [0.15, 0.2) is 0 Å². The molecule has 0 amide bonds. The molecular weight excluding hydrogens is 287 g/mol. The maximum absolute atomic E-state index is 11.8. The highest BCUT2D eigenvalue weighted by atomic mass is 35.5. The fourth-order valence-corrected chi connectivity index (χ4v) is 2.95. The van der Waals surface area contributed by atoms with Crippen molar-refractivity contribution in [2.75, 3.05) is 12.3 Å². The van der Waals surface area contributed by atoms with Crippen molar-refractivity contribution in [3.05, 3.63) is 22.2 Å². The minimum atomic E-state index is -3.81. The van der Waals surface area contributed by atoms with Crippen LogP contribution in [0.15, 0.2) is 17.0 Å². The van der Waals surface area contributed by atoms with Crippen molar-refractivity contribution in [1.29, 1.82) is 0 Å². The third kappa shape index (κ3) is 3.46. The fourth-order valence-electron chi connectivity index (χ4n) is 1.06. The second-order valence-electron chi connectivity index (χ2n) is 3.47. The largest absolute Gasteiger partial charge is 0.396 e. The van der Waals surface area contributed by atoms with Gasteiger partial charge in [0.1, 0.15) is 4.90 Å². The second-order valence-corrected chi connectivity index (χ2v) is 5.99. The van der Waals surface area contributed by atoms with Gasteiger partial charge in [-0.05, 0) is 19.1 Å². The lowest BCUT2D eigenvalue weighted by Crippen LogP contribution is -2.30. The maximum atomic E-state index is 11.8. The number of sulfonamides is 1. The van der Waals surface area contributed by atoms with E-state index in [0.29, 0.717) is 0 Å². The summed E-state index contributed by atoms with van der Waals surface area (Å²) in [5.74, 6) is 0. The molecule has 5 nitrogen and oxygen atoms in total. The number of nitrogens with one attached hydrogen (secondary N) is 1. The first-order chi connectivity index (χ1) is 7.75. The zero-order valence-electron chi connectivity index (χ0n) is 8.94. The van der Waals surface area contributed by atoms with Gasteiger partial charge in [0, 0.05) is 6.54 Å². The van der Waals surface area contributed by atoms with E-state index >= 15 is 0 Å². The van der Waals surface area contributed by atoms with Crippen LogP contribution in [0.25, 0.3) is 0 Å². The summed E-state index contributed by atoms with van der Waals surface area (Å²) in [6, 6.07) is 2.60. The Morgan fingerprint density at radius 2 is 2.06 bits per heavy atom. The quantitative estimate of drug-likeness (QED) is 0.729. The van der Waals surface area contributed by atoms with Crippen LogP contribution in [0.5, 0.6) is 0 Å². The van der Waals surface area contributed by atoms with Crippen molar-refractivity contribution in [3.63, 3.8) is 0 Å². The van der Waals surface area contributed by atoms with Gasteiger partial charge in [-0.3, -0.25) is 0 Å². The van der Waals surface area contributed by atoms with Crippen molar-refractivity contribution in [1.82, 2.24) is 4.72 Å². The Labute approximate surface area is 110 Å². The molecule has 0 aromatic heterocycles. The predicted molar refractivity (Wildman–Crippen MR) is 67.7 cm³/mol. The normalized spacial score (nSPS) is 13.6. The fraction of sp³-hybridized carbons (Fsp3) is 0.333. The van der Waals surface area contributed by atoms with Crippen LogP contribution in [0.2, 0.25) is 10.0 Å². The minimum absolute atomic E-state index is 0.00764. The SMILES string of the molecule is C[C@H](O)CNS(=O)(=O)c1ccc(Cl)c(N)c1Cl. The van der Waals surface area contributed by atoms with Gasteiger partial charge in [-0.1, -0.05) is 23.2 Å². The van der Waals surface area contributed by atoms with Crippen LogP contribution in [0.4, 0.5) is 5.69 Å². The van der Waals surface area contributed by atoms with Crippen LogP contribution in [0.3, 0.4) is 0 Å². The summed E-state index contributed by atoms with van der Waals surface area (Å²) >= 11 is 11.5. The zero-order chi connectivity index (χ0) is 13.2. The van der Waals surface area contributed by atoms with Gasteiger partial charge in [-0.15, -0.1) is 0 Å². The van der Waals surface area contributed by atoms with Crippen molar-refractivity contribution < 1.29 is 13.5 Å². The highest BCUT2D eigenvalue weighted by Gasteiger charge is 2.20. The van der Waals surface area contributed by atoms with Gasteiger partial charge in [-0.2, -0.15) is 0 Å². The summed E-state index contributed by atoms with van der Waals surface area (Å²) in [5.41, 5.74) is 5.54. The van der Waals surface area contributed by atoms with E-state index in [1.807, 2.05) is 0 Å². The van der Waals surface area contributed by atoms with Crippen molar-refractivity contribution >= 4 is 38.9 Å². The average molecular weight is 299 g/mol. The van der Waals surface area contributed by atoms with Gasteiger partial charge in [0.2, 0.25) is 10.0 Å². The van der Waals surface area contributed by atoms with E-state index in [-0.39, 0.29) is 27.2 Å². The predicted octanol–water partition coefficient (Wildman–Crippen LogP) is 1.23. The van der Waals surface area contributed by atoms with Gasteiger partial charge < -0.3 is 10.8 Å². The zero-order valence-corrected chi connectivity index (χ0v) is 11.3. The van der Waals surface area contributed by atoms with Crippen LogP contribution >= 0.6 is 23.2 Å². The maximum Gasteiger partial charge on any atom is 0.242 e. The number of nitrogen functional groups attached to an aromatic ring is 1. The Balaban J connectivity index is 3.12. The molecule has 0 saturated carbocycles. The Kier molecular flexibility index (Phi) is 4.62. The molecule has 8 heteroatoms. The summed E-state index contributed by atoms with van der Waals surface area (Å²) in [7, 11) is -3.81. The number of hydrogen-bond acceptors (Lipinski definition) is 4. The van der Waals surface area contributed by atoms with Crippen LogP contribution < -0.4 is 10.5 Å². The first-order valence-electron chi connectivity index (χ1n) is 4.67. The van der Waals surface area contributed by atoms with Crippen LogP contribution in [-0.4, -0.2) is 26.2 Å². The number of aliphatic hydroxyl groups is 1. The molecule has 0 unspecified atom stereocenters. The standard InChI is InChI=1S/C9H12Cl2N2O3S/c1-5(14)4-13-17(15,16)7-3-2-6(10)9(12)8(7)11/h2-3,5,13-14H,4,12H2,1H3/t5-/m0/s1. The van der Waals surface area contributed by atoms with E-state index in [4.69, 9.17) is 34.0 Å². The highest BCUT2D eigenvalue weighted by Crippen LogP contribution is 2.32. The molecule has 0 saturated heterocycles. The molecule has 0 spiro atoms. The number of halogens is 2. The molecule has 0 aliphatic carbocycles. The van der Waals surface area contributed by atoms with E-state index in [1.54, 1.807) is 0 Å². The number of rotatable bonds is 4. The number of nitrogens with two attached hydrogens (primary N) is 1. The van der Waals surface area contributed by atoms with Gasteiger partial charge in [0.05, 0.1) is 21.8 Å². The average Bonchev–Trinajstić information content (AvgIpc) is 2.23. The number of aliphatic hydroxyl groups excluding tert-OH is 1. The molecule has 0 radical (unpaired) electrons. The third-order valence-electron chi connectivity index (χ3n) is 1.95. The Bertz CT molecular complexity index is 517. The molecule has 4 N–H and O–H groups in total. The number of benzene rings is 1. The second kappa shape index (κ2) is 5.41. The lowest BCUT2D eigenvalue weighted by atomic mass is 10.3. The molecule has 0 aliphatic rings. The van der Waals surface area contributed by atoms with Crippen LogP contribution in [0.1, 0.15) is 6.92 Å². The first-order valence-corrected chi connectivity index (χ1v) is 6.91. The summed E-state index contributed by atoms with van der Waals surface area (Å²) in [4.78, 5) is -0.165. The Morgan fingerprint density at radius 1 is 1.47 bits per heavy atom. The lowest BCUT2D eigenvalue weighted by molar-refractivity contribution is 0.198. The molecule has 96 valence electrons. The van der Waals surface area contributed by atoms with E-state index in [1.165, 1.54) is 19.1 Å². The molecule has 1 aromatic carbocycles. The van der Waals surface area contributed by atoms with E-state index in [9.17, 15) is 8.42 Å². The van der Waals surface area contributed by atoms with Crippen LogP contribution in [-0.2, 0) is 10.0 Å². The summed E-state index contributed by atoms with van der Waals surface area (Å²) in [5, 5.41) is 9.08. The minimum Gasteiger partial charge on any atom is -0.396 e. The molecule has 1 atom stereocenters. The lowest BCUT2D eigenvalue weighted by Gasteiger charge is -2.11. The third-order valence-corrected chi connectivity index (χ3v) is 4.26. The van der Waals surface area contributed by atoms with Crippen molar-refractivity contribution in [3.8, 4) is 0 Å². The van der Waals surface area contributed by atoms with Crippen LogP contribution in [0, 0.1) is 0 Å². The molecular formula is C9H12Cl2N2O3S. The molecule has 1 rings (SSSR count). The summed E-state index contributed by atoms with van der Waals surface area (Å²) < 4.78 is 25.8. The number of anilines is 1. The van der Waals surface area contributed by atoms with Crippen molar-refractivity contribution in [2.24, 2.45) is 0 Å². The van der Waals surface area contributed by atoms with E-state index in [0.717, 1.165) is 0 Å². The Morgan fingerprint density at radius 3 is 2.59 bits per heavy atom. The Hall–Kier alpha value is -0.530. The smallest absolute Gasteiger partial charge is 0.242 e. The summed E-state index contributed by atoms with van der Waals surface area (Å²) in [6.07, 6.45) is -0.798. The van der Waals surface area contributed by atoms with Gasteiger partial charge in [0.25, 0.3) is 0 Å². The van der Waals surface area contributed by atoms with Gasteiger partial charge >= 0.3 is 0 Å². The monoisotopic (exact) mass is 298 g/mol. The number of hydrogen-bond donors (Lipinski definition) is 3. The van der Waals surface area contributed by atoms with E-state index < -0.39 is 16.1 Å². The topological polar surface area (TPSA) is 92.4 Å². The molecule has 1 aromatic rings. The highest BCUT2D eigenvalue weighted by molar-refractivity contribution is 7.89. The van der Waals surface area contributed by atoms with E-state index in [2.05, 4.69) is 4.72 Å². The first kappa shape index (κ1) is 14.5. The van der Waals surface area contributed by atoms with Gasteiger partial charge in [-0.25, -0.2) is 13.1 Å². The molecule has 0 bridgehead atoms. The molecule has 0 fully saturated rings. The summed E-state index contributed by atoms with van der Waals surface area (Å²) in [6.45, 7) is 1.35. The molecule has 0 heterocycles. The molecule has 17 heavy (non-hydrogen) atoms.